The minimum Gasteiger partial charge on any atom is -0.493 e. The number of rotatable bonds is 6. The van der Waals surface area contributed by atoms with Crippen LogP contribution in [0.4, 0.5) is 0 Å². The Bertz CT molecular complexity index is 535. The number of morpholine rings is 1. The molecule has 0 unspecified atom stereocenters. The summed E-state index contributed by atoms with van der Waals surface area (Å²) in [6.07, 6.45) is 2.91. The van der Waals surface area contributed by atoms with Crippen molar-refractivity contribution in [2.75, 3.05) is 40.5 Å². The van der Waals surface area contributed by atoms with Gasteiger partial charge in [0.25, 0.3) is 0 Å². The predicted molar refractivity (Wildman–Crippen MR) is 90.3 cm³/mol. The van der Waals surface area contributed by atoms with E-state index in [0.717, 1.165) is 37.7 Å². The summed E-state index contributed by atoms with van der Waals surface area (Å²) >= 11 is 0. The lowest BCUT2D eigenvalue weighted by atomic mass is 10.1. The van der Waals surface area contributed by atoms with Crippen LogP contribution in [0.2, 0.25) is 0 Å². The maximum atomic E-state index is 5.99. The summed E-state index contributed by atoms with van der Waals surface area (Å²) in [7, 11) is 3.34. The maximum absolute atomic E-state index is 5.99. The van der Waals surface area contributed by atoms with E-state index in [2.05, 4.69) is 23.2 Å². The Hall–Kier alpha value is -1.30. The normalized spacial score (nSPS) is 24.5. The first-order valence-corrected chi connectivity index (χ1v) is 8.49. The lowest BCUT2D eigenvalue weighted by Gasteiger charge is -2.35. The molecule has 2 saturated heterocycles. The summed E-state index contributed by atoms with van der Waals surface area (Å²) in [4.78, 5) is 2.58. The number of nitrogens with zero attached hydrogens (tertiary/aromatic N) is 1. The number of benzene rings is 1. The summed E-state index contributed by atoms with van der Waals surface area (Å²) in [5.74, 6) is 1.56. The Morgan fingerprint density at radius 2 is 2.04 bits per heavy atom. The van der Waals surface area contributed by atoms with Crippen molar-refractivity contribution in [3.05, 3.63) is 23.3 Å². The summed E-state index contributed by atoms with van der Waals surface area (Å²) in [6, 6.07) is 4.75. The summed E-state index contributed by atoms with van der Waals surface area (Å²) in [5, 5.41) is 3.53. The van der Waals surface area contributed by atoms with Crippen molar-refractivity contribution >= 4 is 0 Å². The fourth-order valence-electron chi connectivity index (χ4n) is 3.59. The van der Waals surface area contributed by atoms with Crippen molar-refractivity contribution in [3.63, 3.8) is 0 Å². The second-order valence-corrected chi connectivity index (χ2v) is 6.51. The second-order valence-electron chi connectivity index (χ2n) is 6.51. The summed E-state index contributed by atoms with van der Waals surface area (Å²) in [5.41, 5.74) is 2.44. The van der Waals surface area contributed by atoms with Crippen LogP contribution < -0.4 is 14.8 Å². The Morgan fingerprint density at radius 1 is 1.26 bits per heavy atom. The Balaban J connectivity index is 1.52. The van der Waals surface area contributed by atoms with E-state index < -0.39 is 0 Å². The largest absolute Gasteiger partial charge is 0.493 e. The molecule has 0 spiro atoms. The predicted octanol–water partition coefficient (Wildman–Crippen LogP) is 1.97. The average Bonchev–Trinajstić information content (AvgIpc) is 3.03. The number of nitrogens with one attached hydrogen (secondary N) is 1. The average molecular weight is 320 g/mol. The summed E-state index contributed by atoms with van der Waals surface area (Å²) < 4.78 is 16.7. The zero-order chi connectivity index (χ0) is 16.2. The number of ether oxygens (including phenoxy) is 3. The third-order valence-corrected chi connectivity index (χ3v) is 4.99. The molecule has 2 aliphatic heterocycles. The first kappa shape index (κ1) is 16.6. The van der Waals surface area contributed by atoms with Gasteiger partial charge in [-0.25, -0.2) is 0 Å². The molecule has 0 aromatic heterocycles. The van der Waals surface area contributed by atoms with Crippen LogP contribution in [-0.4, -0.2) is 57.5 Å². The van der Waals surface area contributed by atoms with E-state index in [9.17, 15) is 0 Å². The van der Waals surface area contributed by atoms with Crippen LogP contribution in [0.5, 0.6) is 11.5 Å². The molecule has 5 heteroatoms. The van der Waals surface area contributed by atoms with Crippen LogP contribution in [0.15, 0.2) is 12.1 Å². The molecule has 0 amide bonds. The highest BCUT2D eigenvalue weighted by Gasteiger charge is 2.31. The first-order valence-electron chi connectivity index (χ1n) is 8.49. The van der Waals surface area contributed by atoms with Gasteiger partial charge in [0.15, 0.2) is 11.5 Å². The molecule has 128 valence electrons. The smallest absolute Gasteiger partial charge is 0.161 e. The molecule has 1 aromatic carbocycles. The van der Waals surface area contributed by atoms with Gasteiger partial charge in [-0.3, -0.25) is 4.90 Å². The Kier molecular flexibility index (Phi) is 5.41. The molecule has 5 nitrogen and oxygen atoms in total. The molecule has 0 aliphatic carbocycles. The van der Waals surface area contributed by atoms with Gasteiger partial charge in [0.05, 0.1) is 26.9 Å². The molecule has 2 atom stereocenters. The van der Waals surface area contributed by atoms with Gasteiger partial charge in [-0.15, -0.1) is 0 Å². The third-order valence-electron chi connectivity index (χ3n) is 4.99. The standard InChI is InChI=1S/C18H28N2O3/c1-13-7-17(21-2)18(22-3)8-14(13)9-19-10-16-11-20-6-4-5-15(20)12-23-16/h7-8,15-16,19H,4-6,9-12H2,1-3H3/t15-,16+/m0/s1. The van der Waals surface area contributed by atoms with E-state index in [1.165, 1.54) is 30.5 Å². The van der Waals surface area contributed by atoms with E-state index >= 15 is 0 Å². The molecular formula is C18H28N2O3. The van der Waals surface area contributed by atoms with Crippen molar-refractivity contribution in [3.8, 4) is 11.5 Å². The molecule has 0 bridgehead atoms. The Morgan fingerprint density at radius 3 is 2.83 bits per heavy atom. The monoisotopic (exact) mass is 320 g/mol. The summed E-state index contributed by atoms with van der Waals surface area (Å²) in [6.45, 7) is 6.99. The van der Waals surface area contributed by atoms with Crippen LogP contribution >= 0.6 is 0 Å². The second kappa shape index (κ2) is 7.51. The van der Waals surface area contributed by atoms with Gasteiger partial charge in [0, 0.05) is 25.7 Å². The lowest BCUT2D eigenvalue weighted by molar-refractivity contribution is -0.0470. The SMILES string of the molecule is COc1cc(C)c(CNC[C@@H]2CN3CCC[C@H]3CO2)cc1OC. The quantitative estimate of drug-likeness (QED) is 0.868. The highest BCUT2D eigenvalue weighted by Crippen LogP contribution is 2.30. The molecule has 0 radical (unpaired) electrons. The molecule has 2 fully saturated rings. The Labute approximate surface area is 138 Å². The van der Waals surface area contributed by atoms with Crippen molar-refractivity contribution in [1.29, 1.82) is 0 Å². The van der Waals surface area contributed by atoms with Crippen LogP contribution in [0.3, 0.4) is 0 Å². The van der Waals surface area contributed by atoms with Gasteiger partial charge in [-0.1, -0.05) is 0 Å². The van der Waals surface area contributed by atoms with E-state index in [0.29, 0.717) is 12.1 Å². The highest BCUT2D eigenvalue weighted by atomic mass is 16.5. The number of methoxy groups -OCH3 is 2. The van der Waals surface area contributed by atoms with Gasteiger partial charge in [0.2, 0.25) is 0 Å². The van der Waals surface area contributed by atoms with E-state index in [-0.39, 0.29) is 0 Å². The lowest BCUT2D eigenvalue weighted by Crippen LogP contribution is -2.49. The zero-order valence-electron chi connectivity index (χ0n) is 14.4. The van der Waals surface area contributed by atoms with Gasteiger partial charge in [-0.2, -0.15) is 0 Å². The van der Waals surface area contributed by atoms with Crippen molar-refractivity contribution in [2.45, 2.75) is 38.5 Å². The molecule has 2 aliphatic rings. The molecule has 0 saturated carbocycles. The van der Waals surface area contributed by atoms with Crippen LogP contribution in [0, 0.1) is 6.92 Å². The topological polar surface area (TPSA) is 43.0 Å². The van der Waals surface area contributed by atoms with Gasteiger partial charge in [0.1, 0.15) is 0 Å². The highest BCUT2D eigenvalue weighted by molar-refractivity contribution is 5.46. The third kappa shape index (κ3) is 3.79. The van der Waals surface area contributed by atoms with E-state index in [1.807, 2.05) is 6.07 Å². The minimum atomic E-state index is 0.296. The molecule has 23 heavy (non-hydrogen) atoms. The van der Waals surface area contributed by atoms with Crippen LogP contribution in [-0.2, 0) is 11.3 Å². The van der Waals surface area contributed by atoms with Crippen molar-refractivity contribution < 1.29 is 14.2 Å². The van der Waals surface area contributed by atoms with Crippen molar-refractivity contribution in [1.82, 2.24) is 10.2 Å². The maximum Gasteiger partial charge on any atom is 0.161 e. The first-order chi connectivity index (χ1) is 11.2. The number of hydrogen-bond acceptors (Lipinski definition) is 5. The van der Waals surface area contributed by atoms with Crippen LogP contribution in [0.1, 0.15) is 24.0 Å². The van der Waals surface area contributed by atoms with Gasteiger partial charge < -0.3 is 19.5 Å². The van der Waals surface area contributed by atoms with E-state index in [1.54, 1.807) is 14.2 Å². The van der Waals surface area contributed by atoms with Crippen molar-refractivity contribution in [2.24, 2.45) is 0 Å². The van der Waals surface area contributed by atoms with Crippen LogP contribution in [0.25, 0.3) is 0 Å². The molecule has 1 aromatic rings. The molecule has 3 rings (SSSR count). The molecular weight excluding hydrogens is 292 g/mol. The fraction of sp³-hybridized carbons (Fsp3) is 0.667. The number of hydrogen-bond donors (Lipinski definition) is 1. The fourth-order valence-corrected chi connectivity index (χ4v) is 3.59. The van der Waals surface area contributed by atoms with Gasteiger partial charge in [-0.05, 0) is 49.6 Å². The van der Waals surface area contributed by atoms with E-state index in [4.69, 9.17) is 14.2 Å². The number of fused-ring (bicyclic) bond motifs is 1. The van der Waals surface area contributed by atoms with Gasteiger partial charge >= 0.3 is 0 Å². The zero-order valence-corrected chi connectivity index (χ0v) is 14.4. The molecule has 1 N–H and O–H groups in total. The number of aryl methyl sites for hydroxylation is 1. The minimum absolute atomic E-state index is 0.296. The molecule has 2 heterocycles.